The number of hydrogen-bond donors (Lipinski definition) is 3. The van der Waals surface area contributed by atoms with Gasteiger partial charge in [-0.1, -0.05) is 22.9 Å². The number of hydrazine groups is 1. The molecule has 7 heteroatoms. The number of benzene rings is 1. The Kier molecular flexibility index (Phi) is 6.16. The van der Waals surface area contributed by atoms with Crippen molar-refractivity contribution in [3.05, 3.63) is 46.3 Å². The van der Waals surface area contributed by atoms with Crippen molar-refractivity contribution in [3.63, 3.8) is 0 Å². The molecule has 0 unspecified atom stereocenters. The number of nitrogens with zero attached hydrogens (tertiary/aromatic N) is 1. The van der Waals surface area contributed by atoms with E-state index in [2.05, 4.69) is 21.3 Å². The smallest absolute Gasteiger partial charge is 0.257 e. The maximum Gasteiger partial charge on any atom is 0.257 e. The van der Waals surface area contributed by atoms with E-state index >= 15 is 0 Å². The molecule has 0 fully saturated rings. The lowest BCUT2D eigenvalue weighted by atomic mass is 10.1. The molecule has 0 aliphatic rings. The van der Waals surface area contributed by atoms with E-state index in [-0.39, 0.29) is 24.8 Å². The zero-order valence-corrected chi connectivity index (χ0v) is 15.0. The number of carbonyl (C=O) groups excluding carboxylic acids is 2. The molecule has 7 nitrogen and oxygen atoms in total. The summed E-state index contributed by atoms with van der Waals surface area (Å²) in [5, 5.41) is 6.90. The SMILES string of the molecule is Cc1ccc(NCC(=O)NNC(=O)CCc2c(C)noc2C)c(C)c1. The predicted octanol–water partition coefficient (Wildman–Crippen LogP) is 2.10. The molecule has 0 saturated carbocycles. The molecule has 134 valence electrons. The van der Waals surface area contributed by atoms with E-state index in [1.807, 2.05) is 45.9 Å². The Balaban J connectivity index is 1.71. The quantitative estimate of drug-likeness (QED) is 0.698. The van der Waals surface area contributed by atoms with Crippen molar-refractivity contribution in [3.8, 4) is 0 Å². The van der Waals surface area contributed by atoms with Gasteiger partial charge in [0, 0.05) is 17.7 Å². The number of hydrogen-bond acceptors (Lipinski definition) is 5. The zero-order valence-electron chi connectivity index (χ0n) is 15.0. The summed E-state index contributed by atoms with van der Waals surface area (Å²) in [6.45, 7) is 7.72. The Morgan fingerprint density at radius 2 is 1.80 bits per heavy atom. The second kappa shape index (κ2) is 8.32. The van der Waals surface area contributed by atoms with Crippen molar-refractivity contribution in [2.24, 2.45) is 0 Å². The Morgan fingerprint density at radius 3 is 2.44 bits per heavy atom. The number of aryl methyl sites for hydroxylation is 4. The molecular weight excluding hydrogens is 320 g/mol. The first-order valence-corrected chi connectivity index (χ1v) is 8.17. The molecule has 1 aromatic carbocycles. The lowest BCUT2D eigenvalue weighted by molar-refractivity contribution is -0.128. The third-order valence-electron chi connectivity index (χ3n) is 3.95. The largest absolute Gasteiger partial charge is 0.376 e. The van der Waals surface area contributed by atoms with E-state index in [0.717, 1.165) is 28.1 Å². The molecule has 2 aromatic rings. The van der Waals surface area contributed by atoms with Gasteiger partial charge in [0.05, 0.1) is 12.2 Å². The van der Waals surface area contributed by atoms with Gasteiger partial charge in [0.2, 0.25) is 5.91 Å². The van der Waals surface area contributed by atoms with Gasteiger partial charge < -0.3 is 9.84 Å². The molecule has 2 rings (SSSR count). The summed E-state index contributed by atoms with van der Waals surface area (Å²) in [4.78, 5) is 23.7. The highest BCUT2D eigenvalue weighted by Gasteiger charge is 2.11. The fraction of sp³-hybridized carbons (Fsp3) is 0.389. The molecule has 0 bridgehead atoms. The summed E-state index contributed by atoms with van der Waals surface area (Å²) in [6.07, 6.45) is 0.761. The van der Waals surface area contributed by atoms with Crippen LogP contribution in [0.5, 0.6) is 0 Å². The maximum atomic E-state index is 11.8. The third kappa shape index (κ3) is 5.34. The van der Waals surface area contributed by atoms with Crippen LogP contribution in [0.1, 0.15) is 34.6 Å². The molecule has 0 radical (unpaired) electrons. The third-order valence-corrected chi connectivity index (χ3v) is 3.95. The molecule has 0 saturated heterocycles. The number of rotatable bonds is 6. The van der Waals surface area contributed by atoms with Crippen LogP contribution in [0.25, 0.3) is 0 Å². The van der Waals surface area contributed by atoms with Crippen LogP contribution in [-0.2, 0) is 16.0 Å². The van der Waals surface area contributed by atoms with E-state index in [0.29, 0.717) is 12.2 Å². The lowest BCUT2D eigenvalue weighted by Crippen LogP contribution is -2.44. The molecule has 3 N–H and O–H groups in total. The van der Waals surface area contributed by atoms with Crippen molar-refractivity contribution < 1.29 is 14.1 Å². The van der Waals surface area contributed by atoms with E-state index in [1.165, 1.54) is 0 Å². The highest BCUT2D eigenvalue weighted by atomic mass is 16.5. The minimum atomic E-state index is -0.314. The molecule has 0 atom stereocenters. The molecule has 2 amide bonds. The summed E-state index contributed by atoms with van der Waals surface area (Å²) in [5.41, 5.74) is 9.65. The van der Waals surface area contributed by atoms with Gasteiger partial charge in [-0.25, -0.2) is 0 Å². The second-order valence-corrected chi connectivity index (χ2v) is 6.07. The van der Waals surface area contributed by atoms with Crippen molar-refractivity contribution in [2.45, 2.75) is 40.5 Å². The van der Waals surface area contributed by atoms with Gasteiger partial charge in [-0.15, -0.1) is 0 Å². The summed E-state index contributed by atoms with van der Waals surface area (Å²) in [7, 11) is 0. The topological polar surface area (TPSA) is 96.3 Å². The van der Waals surface area contributed by atoms with E-state index in [9.17, 15) is 9.59 Å². The van der Waals surface area contributed by atoms with Crippen LogP contribution in [0.3, 0.4) is 0 Å². The Labute approximate surface area is 147 Å². The first-order valence-electron chi connectivity index (χ1n) is 8.17. The monoisotopic (exact) mass is 344 g/mol. The van der Waals surface area contributed by atoms with Crippen molar-refractivity contribution >= 4 is 17.5 Å². The van der Waals surface area contributed by atoms with Crippen LogP contribution in [0, 0.1) is 27.7 Å². The number of aromatic nitrogens is 1. The first kappa shape index (κ1) is 18.5. The minimum absolute atomic E-state index is 0.0774. The summed E-state index contributed by atoms with van der Waals surface area (Å²) >= 11 is 0. The molecule has 0 aliphatic heterocycles. The zero-order chi connectivity index (χ0) is 18.4. The maximum absolute atomic E-state index is 11.8. The number of carbonyl (C=O) groups is 2. The second-order valence-electron chi connectivity index (χ2n) is 6.07. The van der Waals surface area contributed by atoms with Crippen LogP contribution >= 0.6 is 0 Å². The van der Waals surface area contributed by atoms with Crippen LogP contribution in [0.2, 0.25) is 0 Å². The Hall–Kier alpha value is -2.83. The van der Waals surface area contributed by atoms with Gasteiger partial charge in [0.1, 0.15) is 5.76 Å². The fourth-order valence-electron chi connectivity index (χ4n) is 2.53. The first-order chi connectivity index (χ1) is 11.9. The Bertz CT molecular complexity index is 748. The van der Waals surface area contributed by atoms with Crippen molar-refractivity contribution in [1.29, 1.82) is 0 Å². The number of anilines is 1. The van der Waals surface area contributed by atoms with Crippen LogP contribution in [0.4, 0.5) is 5.69 Å². The average Bonchev–Trinajstić information content (AvgIpc) is 2.88. The summed E-state index contributed by atoms with van der Waals surface area (Å²) in [5.74, 6) is 0.137. The molecular formula is C18H24N4O3. The van der Waals surface area contributed by atoms with E-state index in [4.69, 9.17) is 4.52 Å². The number of nitrogens with one attached hydrogen (secondary N) is 3. The molecule has 1 aromatic heterocycles. The van der Waals surface area contributed by atoms with Crippen molar-refractivity contribution in [1.82, 2.24) is 16.0 Å². The lowest BCUT2D eigenvalue weighted by Gasteiger charge is -2.11. The number of amides is 2. The highest BCUT2D eigenvalue weighted by molar-refractivity contribution is 5.84. The van der Waals surface area contributed by atoms with Gasteiger partial charge in [-0.2, -0.15) is 0 Å². The predicted molar refractivity (Wildman–Crippen MR) is 95.0 cm³/mol. The normalized spacial score (nSPS) is 10.4. The van der Waals surface area contributed by atoms with Gasteiger partial charge in [0.15, 0.2) is 0 Å². The average molecular weight is 344 g/mol. The highest BCUT2D eigenvalue weighted by Crippen LogP contribution is 2.15. The minimum Gasteiger partial charge on any atom is -0.376 e. The van der Waals surface area contributed by atoms with Gasteiger partial charge >= 0.3 is 0 Å². The van der Waals surface area contributed by atoms with Crippen LogP contribution in [-0.4, -0.2) is 23.5 Å². The van der Waals surface area contributed by atoms with Crippen molar-refractivity contribution in [2.75, 3.05) is 11.9 Å². The molecule has 0 aliphatic carbocycles. The molecule has 0 spiro atoms. The molecule has 25 heavy (non-hydrogen) atoms. The van der Waals surface area contributed by atoms with Crippen LogP contribution in [0.15, 0.2) is 22.7 Å². The van der Waals surface area contributed by atoms with Crippen LogP contribution < -0.4 is 16.2 Å². The van der Waals surface area contributed by atoms with Gasteiger partial charge in [-0.3, -0.25) is 20.4 Å². The fourth-order valence-corrected chi connectivity index (χ4v) is 2.53. The summed E-state index contributed by atoms with van der Waals surface area (Å²) < 4.78 is 5.06. The van der Waals surface area contributed by atoms with E-state index in [1.54, 1.807) is 0 Å². The molecule has 1 heterocycles. The standard InChI is InChI=1S/C18H24N4O3/c1-11-5-7-16(12(2)9-11)19-10-18(24)21-20-17(23)8-6-15-13(3)22-25-14(15)4/h5,7,9,19H,6,8,10H2,1-4H3,(H,20,23)(H,21,24). The van der Waals surface area contributed by atoms with Gasteiger partial charge in [-0.05, 0) is 45.7 Å². The summed E-state index contributed by atoms with van der Waals surface area (Å²) in [6, 6.07) is 5.95. The van der Waals surface area contributed by atoms with Gasteiger partial charge in [0.25, 0.3) is 5.91 Å². The van der Waals surface area contributed by atoms with E-state index < -0.39 is 0 Å². The Morgan fingerprint density at radius 1 is 1.08 bits per heavy atom.